The summed E-state index contributed by atoms with van der Waals surface area (Å²) in [5, 5.41) is 13.0. The molecule has 0 bridgehead atoms. The Balaban J connectivity index is 1.52. The number of thioether (sulfide) groups is 1. The Morgan fingerprint density at radius 1 is 0.970 bits per heavy atom. The average Bonchev–Trinajstić information content (AvgIpc) is 3.21. The highest BCUT2D eigenvalue weighted by Gasteiger charge is 2.18. The van der Waals surface area contributed by atoms with Crippen LogP contribution in [0.25, 0.3) is 11.4 Å². The molecule has 0 saturated heterocycles. The van der Waals surface area contributed by atoms with E-state index in [1.54, 1.807) is 0 Å². The van der Waals surface area contributed by atoms with Gasteiger partial charge in [0.1, 0.15) is 0 Å². The summed E-state index contributed by atoms with van der Waals surface area (Å²) in [4.78, 5) is 14.6. The predicted octanol–water partition coefficient (Wildman–Crippen LogP) is 5.44. The lowest BCUT2D eigenvalue weighted by Gasteiger charge is -2.13. The monoisotopic (exact) mass is 477 g/mol. The highest BCUT2D eigenvalue weighted by atomic mass is 35.5. The molecule has 3 aromatic carbocycles. The molecule has 168 valence electrons. The van der Waals surface area contributed by atoms with Crippen LogP contribution in [0.15, 0.2) is 84.0 Å². The van der Waals surface area contributed by atoms with E-state index in [1.165, 1.54) is 11.8 Å². The van der Waals surface area contributed by atoms with Crippen LogP contribution in [0.1, 0.15) is 5.56 Å². The predicted molar refractivity (Wildman–Crippen MR) is 136 cm³/mol. The first-order valence-corrected chi connectivity index (χ1v) is 11.8. The van der Waals surface area contributed by atoms with E-state index in [0.29, 0.717) is 22.5 Å². The topological polar surface area (TPSA) is 63.1 Å². The number of hydrogen-bond donors (Lipinski definition) is 1. The van der Waals surface area contributed by atoms with E-state index >= 15 is 0 Å². The standard InChI is InChI=1S/C25H24ClN5OS/c1-30(2)20-14-12-19(13-15-20)27-23(32)17-33-25-29-28-24(21-10-6-7-11-22(21)26)31(25)16-18-8-4-3-5-9-18/h3-15H,16-17H2,1-2H3,(H,27,32). The number of nitrogens with one attached hydrogen (secondary N) is 1. The van der Waals surface area contributed by atoms with E-state index in [9.17, 15) is 4.79 Å². The van der Waals surface area contributed by atoms with Crippen molar-refractivity contribution >= 4 is 40.6 Å². The van der Waals surface area contributed by atoms with Gasteiger partial charge >= 0.3 is 0 Å². The van der Waals surface area contributed by atoms with Gasteiger partial charge in [-0.1, -0.05) is 65.8 Å². The van der Waals surface area contributed by atoms with Gasteiger partial charge in [0.05, 0.1) is 17.3 Å². The third-order valence-corrected chi connectivity index (χ3v) is 6.31. The maximum Gasteiger partial charge on any atom is 0.234 e. The van der Waals surface area contributed by atoms with Crippen molar-refractivity contribution in [2.75, 3.05) is 30.1 Å². The number of benzene rings is 3. The molecule has 0 fully saturated rings. The first-order chi connectivity index (χ1) is 16.0. The minimum absolute atomic E-state index is 0.105. The van der Waals surface area contributed by atoms with Crippen LogP contribution in [0.3, 0.4) is 0 Å². The largest absolute Gasteiger partial charge is 0.378 e. The average molecular weight is 478 g/mol. The van der Waals surface area contributed by atoms with Gasteiger partial charge < -0.3 is 10.2 Å². The van der Waals surface area contributed by atoms with Gasteiger partial charge in [0.2, 0.25) is 5.91 Å². The molecule has 0 atom stereocenters. The number of aromatic nitrogens is 3. The zero-order valence-electron chi connectivity index (χ0n) is 18.4. The number of rotatable bonds is 8. The number of halogens is 1. The Labute approximate surface area is 202 Å². The summed E-state index contributed by atoms with van der Waals surface area (Å²) >= 11 is 7.79. The summed E-state index contributed by atoms with van der Waals surface area (Å²) in [6.45, 7) is 0.574. The van der Waals surface area contributed by atoms with E-state index in [0.717, 1.165) is 22.5 Å². The van der Waals surface area contributed by atoms with Gasteiger partial charge in [-0.15, -0.1) is 10.2 Å². The molecule has 4 aromatic rings. The molecule has 0 spiro atoms. The van der Waals surface area contributed by atoms with Crippen LogP contribution in [0, 0.1) is 0 Å². The smallest absolute Gasteiger partial charge is 0.234 e. The van der Waals surface area contributed by atoms with E-state index in [1.807, 2.05) is 90.3 Å². The molecular formula is C25H24ClN5OS. The normalized spacial score (nSPS) is 10.8. The third kappa shape index (κ3) is 5.74. The molecule has 33 heavy (non-hydrogen) atoms. The van der Waals surface area contributed by atoms with Gasteiger partial charge in [-0.25, -0.2) is 0 Å². The quantitative estimate of drug-likeness (QED) is 0.342. The maximum absolute atomic E-state index is 12.6. The zero-order chi connectivity index (χ0) is 23.2. The molecule has 1 heterocycles. The molecule has 0 aliphatic rings. The molecule has 4 rings (SSSR count). The highest BCUT2D eigenvalue weighted by Crippen LogP contribution is 2.30. The number of nitrogens with zero attached hydrogens (tertiary/aromatic N) is 4. The van der Waals surface area contributed by atoms with Gasteiger partial charge in [0, 0.05) is 31.0 Å². The fourth-order valence-electron chi connectivity index (χ4n) is 3.32. The molecular weight excluding hydrogens is 454 g/mol. The summed E-state index contributed by atoms with van der Waals surface area (Å²) in [6.07, 6.45) is 0. The van der Waals surface area contributed by atoms with E-state index in [-0.39, 0.29) is 11.7 Å². The third-order valence-electron chi connectivity index (χ3n) is 5.01. The Morgan fingerprint density at radius 3 is 2.36 bits per heavy atom. The molecule has 0 unspecified atom stereocenters. The molecule has 1 aromatic heterocycles. The highest BCUT2D eigenvalue weighted by molar-refractivity contribution is 7.99. The Kier molecular flexibility index (Phi) is 7.32. The number of hydrogen-bond acceptors (Lipinski definition) is 5. The zero-order valence-corrected chi connectivity index (χ0v) is 20.0. The lowest BCUT2D eigenvalue weighted by molar-refractivity contribution is -0.113. The summed E-state index contributed by atoms with van der Waals surface area (Å²) in [6, 6.07) is 25.4. The summed E-state index contributed by atoms with van der Waals surface area (Å²) < 4.78 is 2.00. The van der Waals surface area contributed by atoms with Crippen LogP contribution in [0.4, 0.5) is 11.4 Å². The van der Waals surface area contributed by atoms with Crippen LogP contribution < -0.4 is 10.2 Å². The molecule has 1 amide bonds. The second kappa shape index (κ2) is 10.6. The molecule has 0 radical (unpaired) electrons. The number of carbonyl (C=O) groups excluding carboxylic acids is 1. The van der Waals surface area contributed by atoms with Crippen molar-refractivity contribution in [3.8, 4) is 11.4 Å². The summed E-state index contributed by atoms with van der Waals surface area (Å²) in [7, 11) is 3.96. The first-order valence-electron chi connectivity index (χ1n) is 10.4. The summed E-state index contributed by atoms with van der Waals surface area (Å²) in [5.41, 5.74) is 3.75. The maximum atomic E-state index is 12.6. The Hall–Kier alpha value is -3.29. The van der Waals surface area contributed by atoms with Crippen LogP contribution in [-0.2, 0) is 11.3 Å². The second-order valence-electron chi connectivity index (χ2n) is 7.64. The summed E-state index contributed by atoms with van der Waals surface area (Å²) in [5.74, 6) is 0.781. The molecule has 1 N–H and O–H groups in total. The van der Waals surface area contributed by atoms with Crippen LogP contribution in [-0.4, -0.2) is 40.5 Å². The lowest BCUT2D eigenvalue weighted by atomic mass is 10.2. The second-order valence-corrected chi connectivity index (χ2v) is 8.99. The lowest BCUT2D eigenvalue weighted by Crippen LogP contribution is -2.15. The fraction of sp³-hybridized carbons (Fsp3) is 0.160. The Morgan fingerprint density at radius 2 is 1.67 bits per heavy atom. The number of anilines is 2. The Bertz CT molecular complexity index is 1230. The first kappa shape index (κ1) is 22.9. The van der Waals surface area contributed by atoms with E-state index < -0.39 is 0 Å². The minimum atomic E-state index is -0.105. The van der Waals surface area contributed by atoms with Crippen molar-refractivity contribution < 1.29 is 4.79 Å². The SMILES string of the molecule is CN(C)c1ccc(NC(=O)CSc2nnc(-c3ccccc3Cl)n2Cc2ccccc2)cc1. The van der Waals surface area contributed by atoms with Crippen LogP contribution in [0.5, 0.6) is 0 Å². The van der Waals surface area contributed by atoms with Gasteiger partial charge in [0.15, 0.2) is 11.0 Å². The van der Waals surface area contributed by atoms with Crippen molar-refractivity contribution in [2.24, 2.45) is 0 Å². The van der Waals surface area contributed by atoms with Crippen molar-refractivity contribution in [2.45, 2.75) is 11.7 Å². The van der Waals surface area contributed by atoms with E-state index in [2.05, 4.69) is 27.6 Å². The molecule has 6 nitrogen and oxygen atoms in total. The van der Waals surface area contributed by atoms with Gasteiger partial charge in [0.25, 0.3) is 0 Å². The van der Waals surface area contributed by atoms with Crippen molar-refractivity contribution in [1.82, 2.24) is 14.8 Å². The molecule has 0 aliphatic carbocycles. The number of carbonyl (C=O) groups is 1. The number of amides is 1. The van der Waals surface area contributed by atoms with Crippen LogP contribution >= 0.6 is 23.4 Å². The van der Waals surface area contributed by atoms with Gasteiger partial charge in [-0.2, -0.15) is 0 Å². The minimum Gasteiger partial charge on any atom is -0.378 e. The van der Waals surface area contributed by atoms with Crippen molar-refractivity contribution in [3.63, 3.8) is 0 Å². The van der Waals surface area contributed by atoms with Gasteiger partial charge in [-0.3, -0.25) is 9.36 Å². The molecule has 0 saturated carbocycles. The van der Waals surface area contributed by atoms with Crippen molar-refractivity contribution in [1.29, 1.82) is 0 Å². The van der Waals surface area contributed by atoms with Gasteiger partial charge in [-0.05, 0) is 42.0 Å². The molecule has 0 aliphatic heterocycles. The fourth-order valence-corrected chi connectivity index (χ4v) is 4.27. The van der Waals surface area contributed by atoms with Crippen molar-refractivity contribution in [3.05, 3.63) is 89.4 Å². The van der Waals surface area contributed by atoms with E-state index in [4.69, 9.17) is 11.6 Å². The molecule has 8 heteroatoms. The van der Waals surface area contributed by atoms with Crippen LogP contribution in [0.2, 0.25) is 5.02 Å².